The zero-order chi connectivity index (χ0) is 15.4. The molecule has 1 unspecified atom stereocenters. The Morgan fingerprint density at radius 2 is 2.24 bits per heavy atom. The van der Waals surface area contributed by atoms with Gasteiger partial charge in [0.25, 0.3) is 0 Å². The van der Waals surface area contributed by atoms with Crippen LogP contribution in [0.1, 0.15) is 13.8 Å². The van der Waals surface area contributed by atoms with Gasteiger partial charge in [-0.1, -0.05) is 0 Å². The molecule has 0 aromatic carbocycles. The lowest BCUT2D eigenvalue weighted by atomic mass is 9.96. The maximum Gasteiger partial charge on any atom is 0.326 e. The van der Waals surface area contributed by atoms with Gasteiger partial charge in [-0.15, -0.1) is 0 Å². The minimum Gasteiger partial charge on any atom is -0.471 e. The number of nitrogens with one attached hydrogen (secondary N) is 1. The summed E-state index contributed by atoms with van der Waals surface area (Å²) in [6.07, 6.45) is -0.613. The van der Waals surface area contributed by atoms with E-state index < -0.39 is 42.9 Å². The Morgan fingerprint density at radius 3 is 2.86 bits per heavy atom. The fourth-order valence-electron chi connectivity index (χ4n) is 2.79. The van der Waals surface area contributed by atoms with Gasteiger partial charge >= 0.3 is 6.03 Å². The van der Waals surface area contributed by atoms with Gasteiger partial charge in [-0.2, -0.15) is 0 Å². The quantitative estimate of drug-likeness (QED) is 0.519. The predicted molar refractivity (Wildman–Crippen MR) is 69.5 cm³/mol. The third-order valence-corrected chi connectivity index (χ3v) is 3.94. The average molecular weight is 298 g/mol. The molecule has 1 saturated heterocycles. The maximum atomic E-state index is 12.2. The van der Waals surface area contributed by atoms with Crippen LogP contribution in [0.3, 0.4) is 0 Å². The molecule has 0 saturated carbocycles. The van der Waals surface area contributed by atoms with Crippen LogP contribution in [-0.4, -0.2) is 63.1 Å². The first-order chi connectivity index (χ1) is 9.84. The number of ether oxygens (including phenoxy) is 2. The van der Waals surface area contributed by atoms with Gasteiger partial charge in [0.1, 0.15) is 17.8 Å². The second-order valence-electron chi connectivity index (χ2n) is 5.62. The van der Waals surface area contributed by atoms with E-state index in [-0.39, 0.29) is 0 Å². The monoisotopic (exact) mass is 298 g/mol. The number of aliphatic hydroxyl groups is 3. The van der Waals surface area contributed by atoms with Crippen LogP contribution in [0.4, 0.5) is 4.79 Å². The van der Waals surface area contributed by atoms with Crippen LogP contribution >= 0.6 is 0 Å². The van der Waals surface area contributed by atoms with Gasteiger partial charge < -0.3 is 24.8 Å². The van der Waals surface area contributed by atoms with E-state index in [0.29, 0.717) is 11.3 Å². The van der Waals surface area contributed by atoms with Crippen molar-refractivity contribution in [1.29, 1.82) is 0 Å². The maximum absolute atomic E-state index is 12.2. The number of rotatable bonds is 2. The Morgan fingerprint density at radius 1 is 1.52 bits per heavy atom. The first-order valence-electron chi connectivity index (χ1n) is 6.67. The van der Waals surface area contributed by atoms with Crippen molar-refractivity contribution in [1.82, 2.24) is 10.2 Å². The molecule has 4 N–H and O–H groups in total. The number of urea groups is 1. The summed E-state index contributed by atoms with van der Waals surface area (Å²) < 4.78 is 10.8. The molecule has 0 aromatic heterocycles. The molecule has 3 heterocycles. The normalized spacial score (nSPS) is 42.1. The molecule has 8 nitrogen and oxygen atoms in total. The number of hydrogen-bond donors (Lipinski definition) is 4. The molecule has 0 bridgehead atoms. The van der Waals surface area contributed by atoms with Crippen molar-refractivity contribution in [3.63, 3.8) is 0 Å². The summed E-state index contributed by atoms with van der Waals surface area (Å²) in [4.78, 5) is 13.3. The zero-order valence-corrected chi connectivity index (χ0v) is 11.7. The van der Waals surface area contributed by atoms with Gasteiger partial charge in [0.05, 0.1) is 12.4 Å². The van der Waals surface area contributed by atoms with Crippen molar-refractivity contribution in [2.75, 3.05) is 6.61 Å². The van der Waals surface area contributed by atoms with Crippen LogP contribution in [0.25, 0.3) is 0 Å². The lowest BCUT2D eigenvalue weighted by Crippen LogP contribution is -2.58. The van der Waals surface area contributed by atoms with Crippen LogP contribution in [0.5, 0.6) is 0 Å². The van der Waals surface area contributed by atoms with Crippen molar-refractivity contribution in [2.24, 2.45) is 0 Å². The molecule has 3 aliphatic rings. The molecule has 116 valence electrons. The fraction of sp³-hybridized carbons (Fsp3) is 0.615. The Kier molecular flexibility index (Phi) is 3.21. The summed E-state index contributed by atoms with van der Waals surface area (Å²) in [5, 5.41) is 32.2. The van der Waals surface area contributed by atoms with Gasteiger partial charge in [0, 0.05) is 11.8 Å². The summed E-state index contributed by atoms with van der Waals surface area (Å²) >= 11 is 0. The Hall–Kier alpha value is -1.61. The van der Waals surface area contributed by atoms with E-state index >= 15 is 0 Å². The number of amides is 2. The van der Waals surface area contributed by atoms with Crippen molar-refractivity contribution >= 4 is 6.03 Å². The van der Waals surface area contributed by atoms with E-state index in [4.69, 9.17) is 9.47 Å². The molecule has 3 aliphatic heterocycles. The van der Waals surface area contributed by atoms with E-state index in [2.05, 4.69) is 5.32 Å². The third-order valence-electron chi connectivity index (χ3n) is 3.94. The molecule has 0 aromatic rings. The second kappa shape index (κ2) is 4.70. The van der Waals surface area contributed by atoms with E-state index in [1.54, 1.807) is 13.0 Å². The molecule has 1 fully saturated rings. The van der Waals surface area contributed by atoms with Crippen LogP contribution in [0.15, 0.2) is 23.6 Å². The van der Waals surface area contributed by atoms with Crippen molar-refractivity contribution < 1.29 is 29.6 Å². The van der Waals surface area contributed by atoms with Gasteiger partial charge in [0.2, 0.25) is 6.23 Å². The van der Waals surface area contributed by atoms with Gasteiger partial charge in [-0.05, 0) is 19.9 Å². The number of carbonyl (C=O) groups excluding carboxylic acids is 1. The molecule has 0 aliphatic carbocycles. The van der Waals surface area contributed by atoms with E-state index in [0.717, 1.165) is 0 Å². The molecular weight excluding hydrogens is 280 g/mol. The Labute approximate surface area is 121 Å². The average Bonchev–Trinajstić information content (AvgIpc) is 2.87. The van der Waals surface area contributed by atoms with E-state index in [1.165, 1.54) is 18.0 Å². The highest BCUT2D eigenvalue weighted by Crippen LogP contribution is 2.35. The van der Waals surface area contributed by atoms with Crippen LogP contribution in [0.2, 0.25) is 0 Å². The second-order valence-corrected chi connectivity index (χ2v) is 5.62. The minimum atomic E-state index is -1.70. The number of nitrogens with zero attached hydrogens (tertiary/aromatic N) is 1. The molecule has 8 heteroatoms. The van der Waals surface area contributed by atoms with Gasteiger partial charge in [0.15, 0.2) is 6.23 Å². The fourth-order valence-corrected chi connectivity index (χ4v) is 2.79. The molecule has 2 amide bonds. The van der Waals surface area contributed by atoms with Gasteiger partial charge in [-0.25, -0.2) is 4.79 Å². The number of aliphatic hydroxyl groups excluding tert-OH is 2. The standard InChI is InChI=1S/C13H18N2O6/c1-6-3-7-4-15(12(18)14-10(7)20-6)11-13(2,19)9(17)8(5-16)21-11/h3-4,8-11,16-17,19H,5H2,1-2H3,(H,14,18)/t8-,9-,10?,11-,13-/m1/s1. The van der Waals surface area contributed by atoms with Crippen molar-refractivity contribution in [2.45, 2.75) is 44.1 Å². The van der Waals surface area contributed by atoms with E-state index in [1.807, 2.05) is 0 Å². The summed E-state index contributed by atoms with van der Waals surface area (Å²) in [7, 11) is 0. The van der Waals surface area contributed by atoms with E-state index in [9.17, 15) is 20.1 Å². The highest BCUT2D eigenvalue weighted by Gasteiger charge is 2.55. The van der Waals surface area contributed by atoms with Crippen LogP contribution in [-0.2, 0) is 9.47 Å². The van der Waals surface area contributed by atoms with Crippen LogP contribution < -0.4 is 5.32 Å². The van der Waals surface area contributed by atoms with Crippen molar-refractivity contribution in [3.8, 4) is 0 Å². The third kappa shape index (κ3) is 2.11. The Bertz CT molecular complexity index is 529. The molecule has 0 spiro atoms. The molecule has 21 heavy (non-hydrogen) atoms. The molecule has 0 radical (unpaired) electrons. The molecule has 3 rings (SSSR count). The topological polar surface area (TPSA) is 111 Å². The number of fused-ring (bicyclic) bond motifs is 1. The highest BCUT2D eigenvalue weighted by molar-refractivity contribution is 5.78. The lowest BCUT2D eigenvalue weighted by Gasteiger charge is -2.36. The zero-order valence-electron chi connectivity index (χ0n) is 11.7. The van der Waals surface area contributed by atoms with Crippen molar-refractivity contribution in [3.05, 3.63) is 23.6 Å². The molecule has 5 atom stereocenters. The molecular formula is C13H18N2O6. The Balaban J connectivity index is 1.91. The number of allylic oxidation sites excluding steroid dienone is 1. The highest BCUT2D eigenvalue weighted by atomic mass is 16.6. The first kappa shape index (κ1) is 14.3. The first-order valence-corrected chi connectivity index (χ1v) is 6.67. The largest absolute Gasteiger partial charge is 0.471 e. The van der Waals surface area contributed by atoms with Gasteiger partial charge in [-0.3, -0.25) is 10.2 Å². The summed E-state index contributed by atoms with van der Waals surface area (Å²) in [5.41, 5.74) is -0.985. The predicted octanol–water partition coefficient (Wildman–Crippen LogP) is -1.02. The number of hydrogen-bond acceptors (Lipinski definition) is 6. The summed E-state index contributed by atoms with van der Waals surface area (Å²) in [6, 6.07) is -0.511. The summed E-state index contributed by atoms with van der Waals surface area (Å²) in [6.45, 7) is 2.68. The SMILES string of the molecule is CC1=CC2=CN([C@@H]3O[C@H](CO)[C@@H](O)[C@@]3(C)O)C(=O)NC2O1. The lowest BCUT2D eigenvalue weighted by molar-refractivity contribution is -0.108. The number of carbonyl (C=O) groups is 1. The smallest absolute Gasteiger partial charge is 0.326 e. The van der Waals surface area contributed by atoms with Crippen LogP contribution in [0, 0.1) is 0 Å². The minimum absolute atomic E-state index is 0.454. The summed E-state index contributed by atoms with van der Waals surface area (Å²) in [5.74, 6) is 0.667.